The summed E-state index contributed by atoms with van der Waals surface area (Å²) in [7, 11) is 0. The highest BCUT2D eigenvalue weighted by Crippen LogP contribution is 2.31. The summed E-state index contributed by atoms with van der Waals surface area (Å²) in [6.07, 6.45) is 0. The second-order valence-electron chi connectivity index (χ2n) is 7.44. The van der Waals surface area contributed by atoms with Gasteiger partial charge in [0.05, 0.1) is 11.4 Å². The van der Waals surface area contributed by atoms with Crippen LogP contribution in [0.15, 0.2) is 126 Å². The summed E-state index contributed by atoms with van der Waals surface area (Å²) in [6.45, 7) is 0. The molecule has 148 valence electrons. The van der Waals surface area contributed by atoms with Crippen molar-refractivity contribution < 1.29 is 0 Å². The first-order chi connectivity index (χ1) is 15.3. The molecule has 0 saturated carbocycles. The van der Waals surface area contributed by atoms with Gasteiger partial charge in [-0.15, -0.1) is 0 Å². The predicted molar refractivity (Wildman–Crippen MR) is 134 cm³/mol. The van der Waals surface area contributed by atoms with Crippen molar-refractivity contribution in [3.63, 3.8) is 0 Å². The quantitative estimate of drug-likeness (QED) is 0.261. The van der Waals surface area contributed by atoms with Gasteiger partial charge in [-0.1, -0.05) is 113 Å². The summed E-state index contributed by atoms with van der Waals surface area (Å²) >= 11 is 3.50. The summed E-state index contributed by atoms with van der Waals surface area (Å²) in [6, 6.07) is 42.2. The molecule has 1 aromatic heterocycles. The van der Waals surface area contributed by atoms with Crippen molar-refractivity contribution in [1.82, 2.24) is 4.98 Å². The maximum atomic E-state index is 5.01. The van der Waals surface area contributed by atoms with Crippen LogP contribution in [-0.4, -0.2) is 4.98 Å². The van der Waals surface area contributed by atoms with Gasteiger partial charge in [-0.2, -0.15) is 0 Å². The second kappa shape index (κ2) is 8.71. The van der Waals surface area contributed by atoms with E-state index in [2.05, 4.69) is 125 Å². The van der Waals surface area contributed by atoms with E-state index in [4.69, 9.17) is 4.98 Å². The first-order valence-electron chi connectivity index (χ1n) is 10.3. The number of halogens is 1. The van der Waals surface area contributed by atoms with Gasteiger partial charge in [0, 0.05) is 15.6 Å². The normalized spacial score (nSPS) is 10.7. The van der Waals surface area contributed by atoms with Gasteiger partial charge in [-0.05, 0) is 46.5 Å². The van der Waals surface area contributed by atoms with Gasteiger partial charge in [0.2, 0.25) is 0 Å². The fourth-order valence-corrected chi connectivity index (χ4v) is 3.97. The highest BCUT2D eigenvalue weighted by atomic mass is 79.9. The average Bonchev–Trinajstić information content (AvgIpc) is 2.85. The van der Waals surface area contributed by atoms with Crippen LogP contribution in [-0.2, 0) is 0 Å². The fraction of sp³-hybridized carbons (Fsp3) is 0. The Hall–Kier alpha value is -3.49. The van der Waals surface area contributed by atoms with E-state index in [1.165, 1.54) is 22.3 Å². The molecule has 0 radical (unpaired) electrons. The largest absolute Gasteiger partial charge is 0.248 e. The molecule has 31 heavy (non-hydrogen) atoms. The number of hydrogen-bond acceptors (Lipinski definition) is 1. The van der Waals surface area contributed by atoms with Crippen molar-refractivity contribution in [3.05, 3.63) is 126 Å². The van der Waals surface area contributed by atoms with Gasteiger partial charge in [0.25, 0.3) is 0 Å². The molecule has 0 unspecified atom stereocenters. The number of hydrogen-bond donors (Lipinski definition) is 0. The zero-order chi connectivity index (χ0) is 21.0. The number of pyridine rings is 1. The van der Waals surface area contributed by atoms with E-state index in [-0.39, 0.29) is 0 Å². The molecule has 0 atom stereocenters. The van der Waals surface area contributed by atoms with Crippen LogP contribution in [0, 0.1) is 0 Å². The van der Waals surface area contributed by atoms with Crippen LogP contribution in [0.5, 0.6) is 0 Å². The Morgan fingerprint density at radius 2 is 0.774 bits per heavy atom. The topological polar surface area (TPSA) is 12.9 Å². The summed E-state index contributed by atoms with van der Waals surface area (Å²) in [5.74, 6) is 0. The minimum Gasteiger partial charge on any atom is -0.248 e. The van der Waals surface area contributed by atoms with Crippen LogP contribution in [0.2, 0.25) is 0 Å². The molecule has 0 N–H and O–H groups in total. The van der Waals surface area contributed by atoms with E-state index in [0.29, 0.717) is 0 Å². The number of benzene rings is 4. The van der Waals surface area contributed by atoms with Gasteiger partial charge in [0.15, 0.2) is 0 Å². The van der Waals surface area contributed by atoms with Crippen molar-refractivity contribution >= 4 is 15.9 Å². The molecule has 0 saturated heterocycles. The Kier molecular flexibility index (Phi) is 5.47. The van der Waals surface area contributed by atoms with Crippen LogP contribution in [0.25, 0.3) is 44.8 Å². The molecule has 0 fully saturated rings. The first kappa shape index (κ1) is 19.5. The standard InChI is InChI=1S/C29H20BrN/c30-27-17-15-23(16-18-27)22-11-13-25(14-12-22)29-20-26(21-7-3-1-4-8-21)19-28(31-29)24-9-5-2-6-10-24/h1-20H. The lowest BCUT2D eigenvalue weighted by atomic mass is 9.98. The molecular weight excluding hydrogens is 442 g/mol. The van der Waals surface area contributed by atoms with Gasteiger partial charge < -0.3 is 0 Å². The molecular formula is C29H20BrN. The molecule has 5 aromatic rings. The molecule has 0 aliphatic rings. The minimum atomic E-state index is 0.975. The SMILES string of the molecule is Brc1ccc(-c2ccc(-c3cc(-c4ccccc4)cc(-c4ccccc4)n3)cc2)cc1. The molecule has 0 amide bonds. The summed E-state index contributed by atoms with van der Waals surface area (Å²) in [5.41, 5.74) is 8.93. The number of nitrogens with zero attached hydrogens (tertiary/aromatic N) is 1. The Balaban J connectivity index is 1.58. The van der Waals surface area contributed by atoms with Crippen LogP contribution < -0.4 is 0 Å². The van der Waals surface area contributed by atoms with Crippen molar-refractivity contribution in [2.45, 2.75) is 0 Å². The summed E-state index contributed by atoms with van der Waals surface area (Å²) < 4.78 is 1.09. The van der Waals surface area contributed by atoms with Crippen LogP contribution in [0.4, 0.5) is 0 Å². The van der Waals surface area contributed by atoms with Gasteiger partial charge in [0.1, 0.15) is 0 Å². The predicted octanol–water partition coefficient (Wildman–Crippen LogP) is 8.51. The zero-order valence-electron chi connectivity index (χ0n) is 16.9. The third-order valence-electron chi connectivity index (χ3n) is 5.36. The van der Waals surface area contributed by atoms with E-state index in [1.54, 1.807) is 0 Å². The van der Waals surface area contributed by atoms with Crippen molar-refractivity contribution in [2.24, 2.45) is 0 Å². The molecule has 1 nitrogen and oxygen atoms in total. The van der Waals surface area contributed by atoms with Crippen molar-refractivity contribution in [3.8, 4) is 44.8 Å². The molecule has 0 aliphatic heterocycles. The maximum absolute atomic E-state index is 5.01. The zero-order valence-corrected chi connectivity index (χ0v) is 18.5. The maximum Gasteiger partial charge on any atom is 0.0715 e. The molecule has 0 aliphatic carbocycles. The highest BCUT2D eigenvalue weighted by Gasteiger charge is 2.09. The Morgan fingerprint density at radius 3 is 1.32 bits per heavy atom. The smallest absolute Gasteiger partial charge is 0.0715 e. The first-order valence-corrected chi connectivity index (χ1v) is 11.0. The Bertz CT molecular complexity index is 1240. The Morgan fingerprint density at radius 1 is 0.387 bits per heavy atom. The number of aromatic nitrogens is 1. The fourth-order valence-electron chi connectivity index (χ4n) is 3.71. The van der Waals surface area contributed by atoms with Crippen molar-refractivity contribution in [2.75, 3.05) is 0 Å². The van der Waals surface area contributed by atoms with Crippen LogP contribution >= 0.6 is 15.9 Å². The molecule has 4 aromatic carbocycles. The van der Waals surface area contributed by atoms with Gasteiger partial charge in [-0.25, -0.2) is 4.98 Å². The van der Waals surface area contributed by atoms with E-state index < -0.39 is 0 Å². The van der Waals surface area contributed by atoms with E-state index in [9.17, 15) is 0 Å². The molecule has 0 spiro atoms. The third-order valence-corrected chi connectivity index (χ3v) is 5.89. The summed E-state index contributed by atoms with van der Waals surface area (Å²) in [5, 5.41) is 0. The minimum absolute atomic E-state index is 0.975. The average molecular weight is 462 g/mol. The van der Waals surface area contributed by atoms with E-state index >= 15 is 0 Å². The van der Waals surface area contributed by atoms with Crippen molar-refractivity contribution in [1.29, 1.82) is 0 Å². The molecule has 5 rings (SSSR count). The van der Waals surface area contributed by atoms with E-state index in [0.717, 1.165) is 27.0 Å². The molecule has 0 bridgehead atoms. The lowest BCUT2D eigenvalue weighted by Crippen LogP contribution is -1.91. The number of rotatable bonds is 4. The summed E-state index contributed by atoms with van der Waals surface area (Å²) in [4.78, 5) is 5.01. The van der Waals surface area contributed by atoms with Gasteiger partial charge >= 0.3 is 0 Å². The Labute approximate surface area is 191 Å². The second-order valence-corrected chi connectivity index (χ2v) is 8.36. The third kappa shape index (κ3) is 4.35. The van der Waals surface area contributed by atoms with Crippen LogP contribution in [0.3, 0.4) is 0 Å². The lowest BCUT2D eigenvalue weighted by molar-refractivity contribution is 1.32. The van der Waals surface area contributed by atoms with Gasteiger partial charge in [-0.3, -0.25) is 0 Å². The monoisotopic (exact) mass is 461 g/mol. The molecule has 2 heteroatoms. The van der Waals surface area contributed by atoms with Crippen LogP contribution in [0.1, 0.15) is 0 Å². The molecule has 1 heterocycles. The van der Waals surface area contributed by atoms with E-state index in [1.807, 2.05) is 12.1 Å². The highest BCUT2D eigenvalue weighted by molar-refractivity contribution is 9.10. The lowest BCUT2D eigenvalue weighted by Gasteiger charge is -2.11.